The summed E-state index contributed by atoms with van der Waals surface area (Å²) in [6.45, 7) is 4.03. The van der Waals surface area contributed by atoms with Crippen LogP contribution in [-0.2, 0) is 4.79 Å². The van der Waals surface area contributed by atoms with Crippen LogP contribution in [0.1, 0.15) is 25.7 Å². The Balaban J connectivity index is 1.76. The van der Waals surface area contributed by atoms with Gasteiger partial charge in [0.1, 0.15) is 0 Å². The van der Waals surface area contributed by atoms with Gasteiger partial charge in [0.2, 0.25) is 5.91 Å². The molecule has 0 radical (unpaired) electrons. The first-order valence-electron chi connectivity index (χ1n) is 6.39. The van der Waals surface area contributed by atoms with Crippen molar-refractivity contribution in [3.8, 4) is 0 Å². The number of aliphatic hydroxyl groups is 1. The molecule has 92 valence electrons. The molecule has 1 unspecified atom stereocenters. The van der Waals surface area contributed by atoms with E-state index in [1.165, 1.54) is 0 Å². The van der Waals surface area contributed by atoms with Crippen LogP contribution in [0.2, 0.25) is 0 Å². The first kappa shape index (κ1) is 11.9. The number of carbonyl (C=O) groups excluding carboxylic acids is 1. The highest BCUT2D eigenvalue weighted by Gasteiger charge is 2.27. The predicted octanol–water partition coefficient (Wildman–Crippen LogP) is 0.217. The van der Waals surface area contributed by atoms with Gasteiger partial charge in [-0.15, -0.1) is 0 Å². The fourth-order valence-corrected chi connectivity index (χ4v) is 2.58. The maximum atomic E-state index is 12.0. The van der Waals surface area contributed by atoms with Crippen LogP contribution in [0.5, 0.6) is 0 Å². The summed E-state index contributed by atoms with van der Waals surface area (Å²) in [5.41, 5.74) is 0. The van der Waals surface area contributed by atoms with Crippen LogP contribution in [0.4, 0.5) is 0 Å². The summed E-state index contributed by atoms with van der Waals surface area (Å²) >= 11 is 0. The van der Waals surface area contributed by atoms with Crippen LogP contribution in [0.15, 0.2) is 0 Å². The van der Waals surface area contributed by atoms with Crippen molar-refractivity contribution in [2.75, 3.05) is 32.8 Å². The molecule has 0 saturated carbocycles. The molecule has 2 aliphatic rings. The molecule has 2 heterocycles. The van der Waals surface area contributed by atoms with Crippen molar-refractivity contribution < 1.29 is 9.90 Å². The zero-order valence-corrected chi connectivity index (χ0v) is 9.82. The lowest BCUT2D eigenvalue weighted by Gasteiger charge is -2.35. The molecule has 2 aliphatic heterocycles. The number of carbonyl (C=O) groups is 1. The van der Waals surface area contributed by atoms with Crippen molar-refractivity contribution in [1.29, 1.82) is 0 Å². The molecular weight excluding hydrogens is 204 g/mol. The van der Waals surface area contributed by atoms with Gasteiger partial charge in [-0.25, -0.2) is 0 Å². The van der Waals surface area contributed by atoms with Gasteiger partial charge < -0.3 is 15.3 Å². The maximum absolute atomic E-state index is 12.0. The van der Waals surface area contributed by atoms with Crippen molar-refractivity contribution in [2.24, 2.45) is 11.8 Å². The molecule has 16 heavy (non-hydrogen) atoms. The summed E-state index contributed by atoms with van der Waals surface area (Å²) in [7, 11) is 0. The minimum atomic E-state index is 0.249. The molecule has 0 aliphatic carbocycles. The third kappa shape index (κ3) is 2.95. The average Bonchev–Trinajstić information content (AvgIpc) is 2.24. The number of rotatable bonds is 4. The van der Waals surface area contributed by atoms with Crippen molar-refractivity contribution >= 4 is 5.91 Å². The Bertz CT molecular complexity index is 239. The standard InChI is InChI=1S/C12H22N2O2/c15-5-3-10-2-1-4-14(9-10)12(16)6-11-7-13-8-11/h10-11,13,15H,1-9H2. The molecule has 2 saturated heterocycles. The average molecular weight is 226 g/mol. The third-order valence-electron chi connectivity index (χ3n) is 3.74. The number of likely N-dealkylation sites (tertiary alicyclic amines) is 1. The highest BCUT2D eigenvalue weighted by molar-refractivity contribution is 5.76. The normalized spacial score (nSPS) is 26.6. The Labute approximate surface area is 97.0 Å². The van der Waals surface area contributed by atoms with Gasteiger partial charge in [-0.1, -0.05) is 0 Å². The smallest absolute Gasteiger partial charge is 0.222 e. The largest absolute Gasteiger partial charge is 0.396 e. The molecule has 2 rings (SSSR count). The van der Waals surface area contributed by atoms with E-state index < -0.39 is 0 Å². The Morgan fingerprint density at radius 2 is 2.19 bits per heavy atom. The van der Waals surface area contributed by atoms with E-state index in [0.29, 0.717) is 24.2 Å². The second-order valence-corrected chi connectivity index (χ2v) is 5.09. The second kappa shape index (κ2) is 5.64. The van der Waals surface area contributed by atoms with E-state index in [-0.39, 0.29) is 6.61 Å². The topological polar surface area (TPSA) is 52.6 Å². The number of hydrogen-bond donors (Lipinski definition) is 2. The lowest BCUT2D eigenvalue weighted by Crippen LogP contribution is -2.47. The van der Waals surface area contributed by atoms with Crippen LogP contribution in [-0.4, -0.2) is 48.7 Å². The van der Waals surface area contributed by atoms with Gasteiger partial charge in [-0.2, -0.15) is 0 Å². The summed E-state index contributed by atoms with van der Waals surface area (Å²) in [4.78, 5) is 14.0. The lowest BCUT2D eigenvalue weighted by molar-refractivity contribution is -0.134. The van der Waals surface area contributed by atoms with Crippen LogP contribution >= 0.6 is 0 Å². The van der Waals surface area contributed by atoms with Gasteiger partial charge in [0.25, 0.3) is 0 Å². The van der Waals surface area contributed by atoms with E-state index in [0.717, 1.165) is 45.4 Å². The summed E-state index contributed by atoms with van der Waals surface area (Å²) < 4.78 is 0. The molecule has 0 spiro atoms. The van der Waals surface area contributed by atoms with Crippen LogP contribution < -0.4 is 5.32 Å². The molecular formula is C12H22N2O2. The predicted molar refractivity (Wildman–Crippen MR) is 62.0 cm³/mol. The number of amides is 1. The van der Waals surface area contributed by atoms with Crippen molar-refractivity contribution in [1.82, 2.24) is 10.2 Å². The molecule has 1 amide bonds. The Hall–Kier alpha value is -0.610. The van der Waals surface area contributed by atoms with Crippen LogP contribution in [0, 0.1) is 11.8 Å². The monoisotopic (exact) mass is 226 g/mol. The third-order valence-corrected chi connectivity index (χ3v) is 3.74. The quantitative estimate of drug-likeness (QED) is 0.721. The molecule has 1 atom stereocenters. The Morgan fingerprint density at radius 3 is 2.81 bits per heavy atom. The summed E-state index contributed by atoms with van der Waals surface area (Å²) in [6.07, 6.45) is 3.81. The van der Waals surface area contributed by atoms with E-state index >= 15 is 0 Å². The first-order chi connectivity index (χ1) is 7.79. The minimum absolute atomic E-state index is 0.249. The summed E-state index contributed by atoms with van der Waals surface area (Å²) in [5, 5.41) is 12.1. The molecule has 4 heteroatoms. The zero-order chi connectivity index (χ0) is 11.4. The SMILES string of the molecule is O=C(CC1CNC1)N1CCCC(CCO)C1. The van der Waals surface area contributed by atoms with E-state index in [1.54, 1.807) is 0 Å². The van der Waals surface area contributed by atoms with E-state index in [2.05, 4.69) is 5.32 Å². The summed E-state index contributed by atoms with van der Waals surface area (Å²) in [5.74, 6) is 1.39. The van der Waals surface area contributed by atoms with Gasteiger partial charge in [0.05, 0.1) is 0 Å². The molecule has 2 fully saturated rings. The fraction of sp³-hybridized carbons (Fsp3) is 0.917. The molecule has 2 N–H and O–H groups in total. The van der Waals surface area contributed by atoms with Gasteiger partial charge in [0, 0.05) is 26.1 Å². The Morgan fingerprint density at radius 1 is 1.38 bits per heavy atom. The van der Waals surface area contributed by atoms with Crippen LogP contribution in [0.3, 0.4) is 0 Å². The van der Waals surface area contributed by atoms with Crippen molar-refractivity contribution in [2.45, 2.75) is 25.7 Å². The summed E-state index contributed by atoms with van der Waals surface area (Å²) in [6, 6.07) is 0. The number of nitrogens with one attached hydrogen (secondary N) is 1. The Kier molecular flexibility index (Phi) is 4.18. The molecule has 0 bridgehead atoms. The first-order valence-corrected chi connectivity index (χ1v) is 6.39. The van der Waals surface area contributed by atoms with Crippen molar-refractivity contribution in [3.63, 3.8) is 0 Å². The van der Waals surface area contributed by atoms with Crippen LogP contribution in [0.25, 0.3) is 0 Å². The lowest BCUT2D eigenvalue weighted by atomic mass is 9.93. The van der Waals surface area contributed by atoms with E-state index in [4.69, 9.17) is 5.11 Å². The second-order valence-electron chi connectivity index (χ2n) is 5.09. The number of hydrogen-bond acceptors (Lipinski definition) is 3. The number of aliphatic hydroxyl groups excluding tert-OH is 1. The van der Waals surface area contributed by atoms with E-state index in [9.17, 15) is 4.79 Å². The zero-order valence-electron chi connectivity index (χ0n) is 9.82. The maximum Gasteiger partial charge on any atom is 0.222 e. The van der Waals surface area contributed by atoms with E-state index in [1.807, 2.05) is 4.90 Å². The molecule has 0 aromatic carbocycles. The molecule has 4 nitrogen and oxygen atoms in total. The van der Waals surface area contributed by atoms with Gasteiger partial charge in [-0.3, -0.25) is 4.79 Å². The van der Waals surface area contributed by atoms with Gasteiger partial charge in [-0.05, 0) is 44.2 Å². The highest BCUT2D eigenvalue weighted by Crippen LogP contribution is 2.21. The number of nitrogens with zero attached hydrogens (tertiary/aromatic N) is 1. The van der Waals surface area contributed by atoms with Gasteiger partial charge >= 0.3 is 0 Å². The number of piperidine rings is 1. The fourth-order valence-electron chi connectivity index (χ4n) is 2.58. The van der Waals surface area contributed by atoms with Gasteiger partial charge in [0.15, 0.2) is 0 Å². The minimum Gasteiger partial charge on any atom is -0.396 e. The van der Waals surface area contributed by atoms with Crippen molar-refractivity contribution in [3.05, 3.63) is 0 Å². The molecule has 0 aromatic rings. The molecule has 0 aromatic heterocycles. The highest BCUT2D eigenvalue weighted by atomic mass is 16.3.